The van der Waals surface area contributed by atoms with Gasteiger partial charge in [-0.2, -0.15) is 0 Å². The maximum atomic E-state index is 12.7. The molecule has 0 unspecified atom stereocenters. The second-order valence-corrected chi connectivity index (χ2v) is 5.76. The summed E-state index contributed by atoms with van der Waals surface area (Å²) in [5.74, 6) is -0.269. The Morgan fingerprint density at radius 2 is 1.96 bits per heavy atom. The average molecular weight is 351 g/mol. The second-order valence-electron chi connectivity index (χ2n) is 5.76. The first kappa shape index (κ1) is 17.6. The van der Waals surface area contributed by atoms with Gasteiger partial charge in [0.1, 0.15) is 0 Å². The standard InChI is InChI=1S/C19H21N5O2/c1-3-23(4-2)19(26)17-22-16(15-9-5-6-11-24(15)17)18(25)21-13-14-8-7-10-20-12-14/h5-12H,3-4,13H2,1-2H3,(H,21,25). The number of carbonyl (C=O) groups excluding carboxylic acids is 2. The van der Waals surface area contributed by atoms with E-state index in [4.69, 9.17) is 0 Å². The Labute approximate surface area is 151 Å². The van der Waals surface area contributed by atoms with Crippen LogP contribution in [0.1, 0.15) is 40.5 Å². The number of nitrogens with one attached hydrogen (secondary N) is 1. The van der Waals surface area contributed by atoms with Crippen molar-refractivity contribution in [3.8, 4) is 0 Å². The quantitative estimate of drug-likeness (QED) is 0.738. The van der Waals surface area contributed by atoms with Crippen LogP contribution in [0.2, 0.25) is 0 Å². The molecule has 7 nitrogen and oxygen atoms in total. The average Bonchev–Trinajstić information content (AvgIpc) is 3.07. The maximum Gasteiger partial charge on any atom is 0.290 e. The number of nitrogens with zero attached hydrogens (tertiary/aromatic N) is 4. The molecule has 0 radical (unpaired) electrons. The van der Waals surface area contributed by atoms with E-state index in [-0.39, 0.29) is 23.3 Å². The Balaban J connectivity index is 1.91. The molecule has 0 atom stereocenters. The van der Waals surface area contributed by atoms with Crippen molar-refractivity contribution in [1.82, 2.24) is 24.6 Å². The molecule has 0 spiro atoms. The van der Waals surface area contributed by atoms with Crippen LogP contribution in [0.5, 0.6) is 0 Å². The third-order valence-corrected chi connectivity index (χ3v) is 4.18. The lowest BCUT2D eigenvalue weighted by Gasteiger charge is -2.17. The molecule has 3 rings (SSSR count). The van der Waals surface area contributed by atoms with Gasteiger partial charge in [0.15, 0.2) is 5.69 Å². The van der Waals surface area contributed by atoms with Crippen LogP contribution in [0.4, 0.5) is 0 Å². The van der Waals surface area contributed by atoms with Crippen molar-refractivity contribution in [2.75, 3.05) is 13.1 Å². The number of imidazole rings is 1. The first-order valence-corrected chi connectivity index (χ1v) is 8.59. The Bertz CT molecular complexity index is 916. The monoisotopic (exact) mass is 351 g/mol. The van der Waals surface area contributed by atoms with Crippen molar-refractivity contribution in [3.63, 3.8) is 0 Å². The summed E-state index contributed by atoms with van der Waals surface area (Å²) in [4.78, 5) is 35.5. The van der Waals surface area contributed by atoms with Crippen molar-refractivity contribution in [1.29, 1.82) is 0 Å². The van der Waals surface area contributed by atoms with Gasteiger partial charge >= 0.3 is 0 Å². The van der Waals surface area contributed by atoms with E-state index in [1.165, 1.54) is 0 Å². The number of carbonyl (C=O) groups is 2. The molecule has 0 aliphatic heterocycles. The highest BCUT2D eigenvalue weighted by atomic mass is 16.2. The summed E-state index contributed by atoms with van der Waals surface area (Å²) in [6.07, 6.45) is 5.12. The largest absolute Gasteiger partial charge is 0.346 e. The maximum absolute atomic E-state index is 12.7. The highest BCUT2D eigenvalue weighted by Gasteiger charge is 2.23. The summed E-state index contributed by atoms with van der Waals surface area (Å²) >= 11 is 0. The third-order valence-electron chi connectivity index (χ3n) is 4.18. The summed E-state index contributed by atoms with van der Waals surface area (Å²) < 4.78 is 1.67. The number of fused-ring (bicyclic) bond motifs is 1. The van der Waals surface area contributed by atoms with E-state index in [0.29, 0.717) is 25.2 Å². The summed E-state index contributed by atoms with van der Waals surface area (Å²) in [6.45, 7) is 5.34. The third kappa shape index (κ3) is 3.42. The number of hydrogen-bond donors (Lipinski definition) is 1. The first-order valence-electron chi connectivity index (χ1n) is 8.59. The van der Waals surface area contributed by atoms with Gasteiger partial charge in [0.25, 0.3) is 11.8 Å². The molecule has 3 aromatic heterocycles. The molecule has 0 aromatic carbocycles. The molecule has 26 heavy (non-hydrogen) atoms. The van der Waals surface area contributed by atoms with Crippen LogP contribution < -0.4 is 5.32 Å². The summed E-state index contributed by atoms with van der Waals surface area (Å²) in [6, 6.07) is 9.11. The molecule has 3 aromatic rings. The number of hydrogen-bond acceptors (Lipinski definition) is 4. The molecule has 1 N–H and O–H groups in total. The van der Waals surface area contributed by atoms with Crippen LogP contribution in [-0.2, 0) is 6.54 Å². The van der Waals surface area contributed by atoms with Gasteiger partial charge in [-0.25, -0.2) is 4.98 Å². The minimum absolute atomic E-state index is 0.192. The van der Waals surface area contributed by atoms with Gasteiger partial charge in [-0.05, 0) is 37.6 Å². The van der Waals surface area contributed by atoms with Crippen LogP contribution >= 0.6 is 0 Å². The normalized spacial score (nSPS) is 10.7. The van der Waals surface area contributed by atoms with Crippen molar-refractivity contribution < 1.29 is 9.59 Å². The Hall–Kier alpha value is -3.22. The molecular weight excluding hydrogens is 330 g/mol. The zero-order valence-corrected chi connectivity index (χ0v) is 14.8. The minimum Gasteiger partial charge on any atom is -0.346 e. The predicted molar refractivity (Wildman–Crippen MR) is 97.9 cm³/mol. The molecule has 2 amide bonds. The van der Waals surface area contributed by atoms with Crippen molar-refractivity contribution >= 4 is 17.3 Å². The molecule has 0 bridgehead atoms. The van der Waals surface area contributed by atoms with Gasteiger partial charge < -0.3 is 10.2 Å². The summed E-state index contributed by atoms with van der Waals surface area (Å²) in [5, 5.41) is 2.84. The van der Waals surface area contributed by atoms with Gasteiger partial charge in [-0.3, -0.25) is 19.0 Å². The van der Waals surface area contributed by atoms with Crippen LogP contribution in [0.15, 0.2) is 48.9 Å². The lowest BCUT2D eigenvalue weighted by Crippen LogP contribution is -2.32. The van der Waals surface area contributed by atoms with Crippen molar-refractivity contribution in [2.45, 2.75) is 20.4 Å². The molecule has 3 heterocycles. The van der Waals surface area contributed by atoms with E-state index in [1.54, 1.807) is 34.0 Å². The zero-order valence-electron chi connectivity index (χ0n) is 14.8. The molecule has 0 saturated heterocycles. The van der Waals surface area contributed by atoms with Crippen molar-refractivity contribution in [2.24, 2.45) is 0 Å². The van der Waals surface area contributed by atoms with Crippen molar-refractivity contribution in [3.05, 3.63) is 66.0 Å². The Morgan fingerprint density at radius 1 is 1.15 bits per heavy atom. The topological polar surface area (TPSA) is 79.6 Å². The van der Waals surface area contributed by atoms with Gasteiger partial charge in [0.2, 0.25) is 5.82 Å². The summed E-state index contributed by atoms with van der Waals surface area (Å²) in [5.41, 5.74) is 1.74. The van der Waals surface area contributed by atoms with Crippen LogP contribution in [0.25, 0.3) is 5.52 Å². The summed E-state index contributed by atoms with van der Waals surface area (Å²) in [7, 11) is 0. The molecular formula is C19H21N5O2. The smallest absolute Gasteiger partial charge is 0.290 e. The van der Waals surface area contributed by atoms with E-state index >= 15 is 0 Å². The van der Waals surface area contributed by atoms with Gasteiger partial charge in [0.05, 0.1) is 5.52 Å². The lowest BCUT2D eigenvalue weighted by atomic mass is 10.2. The van der Waals surface area contributed by atoms with E-state index < -0.39 is 0 Å². The van der Waals surface area contributed by atoms with E-state index in [9.17, 15) is 9.59 Å². The van der Waals surface area contributed by atoms with E-state index in [0.717, 1.165) is 5.56 Å². The molecule has 0 aliphatic rings. The predicted octanol–water partition coefficient (Wildman–Crippen LogP) is 2.14. The fourth-order valence-electron chi connectivity index (χ4n) is 2.78. The van der Waals surface area contributed by atoms with Crippen LogP contribution in [-0.4, -0.2) is 44.2 Å². The number of rotatable bonds is 6. The van der Waals surface area contributed by atoms with Gasteiger partial charge in [-0.1, -0.05) is 12.1 Å². The fourth-order valence-corrected chi connectivity index (χ4v) is 2.78. The fraction of sp³-hybridized carbons (Fsp3) is 0.263. The molecule has 134 valence electrons. The Morgan fingerprint density at radius 3 is 2.65 bits per heavy atom. The lowest BCUT2D eigenvalue weighted by molar-refractivity contribution is 0.0760. The molecule has 0 aliphatic carbocycles. The van der Waals surface area contributed by atoms with Gasteiger partial charge in [-0.15, -0.1) is 0 Å². The van der Waals surface area contributed by atoms with Crippen LogP contribution in [0.3, 0.4) is 0 Å². The number of pyridine rings is 2. The highest BCUT2D eigenvalue weighted by Crippen LogP contribution is 2.15. The number of amides is 2. The number of aromatic nitrogens is 3. The zero-order chi connectivity index (χ0) is 18.5. The molecule has 0 fully saturated rings. The van der Waals surface area contributed by atoms with Crippen LogP contribution in [0, 0.1) is 0 Å². The Kier molecular flexibility index (Phi) is 5.26. The minimum atomic E-state index is -0.323. The molecule has 0 saturated carbocycles. The van der Waals surface area contributed by atoms with E-state index in [2.05, 4.69) is 15.3 Å². The second kappa shape index (κ2) is 7.77. The molecule has 7 heteroatoms. The first-order chi connectivity index (χ1) is 12.7. The highest BCUT2D eigenvalue weighted by molar-refractivity contribution is 6.02. The SMILES string of the molecule is CCN(CC)C(=O)c1nc(C(=O)NCc2cccnc2)c2ccccn12. The van der Waals surface area contributed by atoms with E-state index in [1.807, 2.05) is 38.1 Å². The van der Waals surface area contributed by atoms with Gasteiger partial charge in [0, 0.05) is 38.2 Å².